The van der Waals surface area contributed by atoms with E-state index in [-0.39, 0.29) is 17.1 Å². The standard InChI is InChI=1S/C19H26N2O2/c1-20-16-7-9-18(10-8-16)13-21(14-19(23-18)11-12-19)17(22)15-5-3-2-4-6-15/h2-6,16,20H,7-14H2,1H3/t16-,18+. The minimum Gasteiger partial charge on any atom is -0.365 e. The highest BCUT2D eigenvalue weighted by Gasteiger charge is 2.56. The lowest BCUT2D eigenvalue weighted by molar-refractivity contribution is -0.175. The van der Waals surface area contributed by atoms with Crippen molar-refractivity contribution in [2.75, 3.05) is 20.1 Å². The molecule has 1 N–H and O–H groups in total. The van der Waals surface area contributed by atoms with E-state index in [2.05, 4.69) is 10.2 Å². The zero-order valence-corrected chi connectivity index (χ0v) is 13.9. The fourth-order valence-electron chi connectivity index (χ4n) is 4.27. The molecule has 1 aromatic rings. The van der Waals surface area contributed by atoms with Crippen LogP contribution in [0, 0.1) is 0 Å². The molecule has 0 aromatic heterocycles. The highest BCUT2D eigenvalue weighted by Crippen LogP contribution is 2.50. The van der Waals surface area contributed by atoms with Gasteiger partial charge in [0.2, 0.25) is 0 Å². The molecule has 4 rings (SSSR count). The van der Waals surface area contributed by atoms with Crippen LogP contribution in [0.2, 0.25) is 0 Å². The largest absolute Gasteiger partial charge is 0.365 e. The number of carbonyl (C=O) groups is 1. The van der Waals surface area contributed by atoms with Gasteiger partial charge in [0.05, 0.1) is 24.3 Å². The third-order valence-electron chi connectivity index (χ3n) is 5.81. The summed E-state index contributed by atoms with van der Waals surface area (Å²) < 4.78 is 6.60. The summed E-state index contributed by atoms with van der Waals surface area (Å²) >= 11 is 0. The lowest BCUT2D eigenvalue weighted by Gasteiger charge is -2.50. The normalized spacial score (nSPS) is 32.2. The van der Waals surface area contributed by atoms with Gasteiger partial charge >= 0.3 is 0 Å². The summed E-state index contributed by atoms with van der Waals surface area (Å²) in [6.07, 6.45) is 6.59. The smallest absolute Gasteiger partial charge is 0.254 e. The van der Waals surface area contributed by atoms with Crippen molar-refractivity contribution in [1.29, 1.82) is 0 Å². The van der Waals surface area contributed by atoms with Crippen LogP contribution in [-0.4, -0.2) is 48.2 Å². The first-order valence-corrected chi connectivity index (χ1v) is 8.86. The quantitative estimate of drug-likeness (QED) is 0.912. The number of hydrogen-bond donors (Lipinski definition) is 1. The zero-order valence-electron chi connectivity index (χ0n) is 13.9. The number of carbonyl (C=O) groups excluding carboxylic acids is 1. The minimum absolute atomic E-state index is 0.0465. The molecule has 0 unspecified atom stereocenters. The first-order chi connectivity index (χ1) is 11.1. The molecule has 3 fully saturated rings. The Morgan fingerprint density at radius 2 is 1.70 bits per heavy atom. The number of hydrogen-bond acceptors (Lipinski definition) is 3. The van der Waals surface area contributed by atoms with E-state index in [0.29, 0.717) is 6.04 Å². The van der Waals surface area contributed by atoms with E-state index in [1.54, 1.807) is 0 Å². The Kier molecular flexibility index (Phi) is 3.69. The Bertz CT molecular complexity index is 574. The fraction of sp³-hybridized carbons (Fsp3) is 0.632. The van der Waals surface area contributed by atoms with Gasteiger partial charge in [-0.2, -0.15) is 0 Å². The highest BCUT2D eigenvalue weighted by molar-refractivity contribution is 5.94. The zero-order chi connectivity index (χ0) is 15.9. The Labute approximate surface area is 138 Å². The first-order valence-electron chi connectivity index (χ1n) is 8.86. The molecule has 2 saturated carbocycles. The summed E-state index contributed by atoms with van der Waals surface area (Å²) in [6, 6.07) is 10.3. The van der Waals surface area contributed by atoms with Crippen molar-refractivity contribution in [2.24, 2.45) is 0 Å². The van der Waals surface area contributed by atoms with E-state index in [1.165, 1.54) is 0 Å². The Hall–Kier alpha value is -1.39. The molecule has 1 aliphatic heterocycles. The number of rotatable bonds is 2. The Balaban J connectivity index is 1.54. The van der Waals surface area contributed by atoms with E-state index in [0.717, 1.165) is 57.2 Å². The van der Waals surface area contributed by atoms with Crippen molar-refractivity contribution < 1.29 is 9.53 Å². The van der Waals surface area contributed by atoms with Crippen LogP contribution in [0.4, 0.5) is 0 Å². The predicted molar refractivity (Wildman–Crippen MR) is 89.4 cm³/mol. The lowest BCUT2D eigenvalue weighted by atomic mass is 9.80. The van der Waals surface area contributed by atoms with Crippen molar-refractivity contribution >= 4 is 5.91 Å². The molecule has 0 bridgehead atoms. The van der Waals surface area contributed by atoms with Gasteiger partial charge in [-0.15, -0.1) is 0 Å². The van der Waals surface area contributed by atoms with E-state index in [9.17, 15) is 4.79 Å². The maximum Gasteiger partial charge on any atom is 0.254 e. The number of ether oxygens (including phenoxy) is 1. The summed E-state index contributed by atoms with van der Waals surface area (Å²) in [7, 11) is 2.04. The average molecular weight is 314 g/mol. The van der Waals surface area contributed by atoms with Gasteiger partial charge < -0.3 is 15.0 Å². The molecule has 1 heterocycles. The SMILES string of the molecule is CN[C@H]1CC[C@@]2(CC1)CN(C(=O)c1ccccc1)CC1(CC1)O2. The summed E-state index contributed by atoms with van der Waals surface area (Å²) in [5.74, 6) is 0.162. The van der Waals surface area contributed by atoms with Crippen LogP contribution in [0.15, 0.2) is 30.3 Å². The number of nitrogens with zero attached hydrogens (tertiary/aromatic N) is 1. The molecule has 1 amide bonds. The Morgan fingerprint density at radius 3 is 2.26 bits per heavy atom. The summed E-state index contributed by atoms with van der Waals surface area (Å²) in [4.78, 5) is 15.0. The van der Waals surface area contributed by atoms with Crippen LogP contribution in [0.3, 0.4) is 0 Å². The molecule has 0 atom stereocenters. The van der Waals surface area contributed by atoms with Gasteiger partial charge in [-0.3, -0.25) is 4.79 Å². The van der Waals surface area contributed by atoms with Gasteiger partial charge in [0, 0.05) is 11.6 Å². The number of amides is 1. The third-order valence-corrected chi connectivity index (χ3v) is 5.81. The molecule has 23 heavy (non-hydrogen) atoms. The molecule has 0 radical (unpaired) electrons. The third kappa shape index (κ3) is 2.90. The van der Waals surface area contributed by atoms with Crippen LogP contribution in [0.5, 0.6) is 0 Å². The van der Waals surface area contributed by atoms with Crippen LogP contribution >= 0.6 is 0 Å². The second kappa shape index (κ2) is 5.60. The highest BCUT2D eigenvalue weighted by atomic mass is 16.5. The molecule has 1 saturated heterocycles. The van der Waals surface area contributed by atoms with Crippen molar-refractivity contribution in [1.82, 2.24) is 10.2 Å². The van der Waals surface area contributed by atoms with E-state index < -0.39 is 0 Å². The number of benzene rings is 1. The van der Waals surface area contributed by atoms with Gasteiger partial charge in [-0.1, -0.05) is 18.2 Å². The van der Waals surface area contributed by atoms with Crippen LogP contribution < -0.4 is 5.32 Å². The first kappa shape index (κ1) is 15.2. The van der Waals surface area contributed by atoms with Gasteiger partial charge in [0.15, 0.2) is 0 Å². The van der Waals surface area contributed by atoms with Crippen LogP contribution in [0.25, 0.3) is 0 Å². The van der Waals surface area contributed by atoms with E-state index in [1.807, 2.05) is 37.4 Å². The molecule has 1 aromatic carbocycles. The van der Waals surface area contributed by atoms with Gasteiger partial charge in [-0.05, 0) is 57.7 Å². The second-order valence-corrected chi connectivity index (χ2v) is 7.56. The fourth-order valence-corrected chi connectivity index (χ4v) is 4.27. The van der Waals surface area contributed by atoms with Gasteiger partial charge in [0.1, 0.15) is 0 Å². The van der Waals surface area contributed by atoms with Crippen molar-refractivity contribution in [2.45, 2.75) is 55.8 Å². The second-order valence-electron chi connectivity index (χ2n) is 7.56. The summed E-state index contributed by atoms with van der Waals surface area (Å²) in [6.45, 7) is 1.51. The lowest BCUT2D eigenvalue weighted by Crippen LogP contribution is -2.60. The van der Waals surface area contributed by atoms with E-state index in [4.69, 9.17) is 4.74 Å². The molecule has 4 heteroatoms. The van der Waals surface area contributed by atoms with Crippen LogP contribution in [0.1, 0.15) is 48.9 Å². The monoisotopic (exact) mass is 314 g/mol. The van der Waals surface area contributed by atoms with Gasteiger partial charge in [0.25, 0.3) is 5.91 Å². The molecular weight excluding hydrogens is 288 g/mol. The predicted octanol–water partition coefficient (Wildman–Crippen LogP) is 2.59. The molecule has 4 nitrogen and oxygen atoms in total. The van der Waals surface area contributed by atoms with Gasteiger partial charge in [-0.25, -0.2) is 0 Å². The van der Waals surface area contributed by atoms with Crippen molar-refractivity contribution in [3.8, 4) is 0 Å². The Morgan fingerprint density at radius 1 is 1.09 bits per heavy atom. The average Bonchev–Trinajstić information content (AvgIpc) is 3.33. The maximum absolute atomic E-state index is 12.9. The van der Waals surface area contributed by atoms with E-state index >= 15 is 0 Å². The van der Waals surface area contributed by atoms with Crippen molar-refractivity contribution in [3.63, 3.8) is 0 Å². The molecular formula is C19H26N2O2. The molecule has 2 aliphatic carbocycles. The molecule has 3 aliphatic rings. The molecule has 2 spiro atoms. The summed E-state index contributed by atoms with van der Waals surface area (Å²) in [5, 5.41) is 3.39. The minimum atomic E-state index is -0.119. The summed E-state index contributed by atoms with van der Waals surface area (Å²) in [5.41, 5.74) is 0.631. The maximum atomic E-state index is 12.9. The number of morpholine rings is 1. The topological polar surface area (TPSA) is 41.6 Å². The van der Waals surface area contributed by atoms with Crippen LogP contribution in [-0.2, 0) is 4.74 Å². The van der Waals surface area contributed by atoms with Crippen molar-refractivity contribution in [3.05, 3.63) is 35.9 Å². The molecule has 124 valence electrons. The number of nitrogens with one attached hydrogen (secondary N) is 1.